The minimum absolute atomic E-state index is 0.144. The van der Waals surface area contributed by atoms with Crippen LogP contribution >= 0.6 is 0 Å². The van der Waals surface area contributed by atoms with E-state index in [1.807, 2.05) is 18.9 Å². The molecule has 1 aromatic carbocycles. The van der Waals surface area contributed by atoms with E-state index >= 15 is 0 Å². The second kappa shape index (κ2) is 5.02. The highest BCUT2D eigenvalue weighted by Gasteiger charge is 2.29. The van der Waals surface area contributed by atoms with Gasteiger partial charge >= 0.3 is 0 Å². The number of ether oxygens (including phenoxy) is 2. The maximum Gasteiger partial charge on any atom is 0.167 e. The predicted octanol–water partition coefficient (Wildman–Crippen LogP) is 2.03. The van der Waals surface area contributed by atoms with Gasteiger partial charge in [-0.2, -0.15) is 0 Å². The molecule has 1 fully saturated rings. The Morgan fingerprint density at radius 1 is 1.50 bits per heavy atom. The number of methoxy groups -OCH3 is 1. The Labute approximate surface area is 106 Å². The SMILES string of the molecule is COc1cc(N(C)C2CCOC2C)c(N)cc1F. The van der Waals surface area contributed by atoms with Crippen molar-refractivity contribution in [2.75, 3.05) is 31.4 Å². The van der Waals surface area contributed by atoms with E-state index in [4.69, 9.17) is 15.2 Å². The topological polar surface area (TPSA) is 47.7 Å². The maximum absolute atomic E-state index is 13.5. The fourth-order valence-electron chi connectivity index (χ4n) is 2.43. The number of nitrogens with zero attached hydrogens (tertiary/aromatic N) is 1. The summed E-state index contributed by atoms with van der Waals surface area (Å²) < 4.78 is 24.0. The van der Waals surface area contributed by atoms with Gasteiger partial charge in [-0.25, -0.2) is 4.39 Å². The molecule has 1 aliphatic rings. The zero-order valence-corrected chi connectivity index (χ0v) is 10.9. The number of hydrogen-bond acceptors (Lipinski definition) is 4. The summed E-state index contributed by atoms with van der Waals surface area (Å²) in [7, 11) is 3.39. The van der Waals surface area contributed by atoms with E-state index in [9.17, 15) is 4.39 Å². The Kier molecular flexibility index (Phi) is 3.61. The van der Waals surface area contributed by atoms with Crippen LogP contribution in [0.25, 0.3) is 0 Å². The molecule has 100 valence electrons. The van der Waals surface area contributed by atoms with Crippen LogP contribution in [0.5, 0.6) is 5.75 Å². The zero-order valence-electron chi connectivity index (χ0n) is 10.9. The number of benzene rings is 1. The van der Waals surface area contributed by atoms with Crippen molar-refractivity contribution in [2.45, 2.75) is 25.5 Å². The van der Waals surface area contributed by atoms with Gasteiger partial charge in [-0.1, -0.05) is 0 Å². The number of hydrogen-bond donors (Lipinski definition) is 1. The smallest absolute Gasteiger partial charge is 0.167 e. The lowest BCUT2D eigenvalue weighted by Gasteiger charge is -2.30. The zero-order chi connectivity index (χ0) is 13.3. The fraction of sp³-hybridized carbons (Fsp3) is 0.538. The molecule has 2 unspecified atom stereocenters. The predicted molar refractivity (Wildman–Crippen MR) is 69.6 cm³/mol. The molecule has 0 bridgehead atoms. The van der Waals surface area contributed by atoms with Gasteiger partial charge < -0.3 is 20.1 Å². The highest BCUT2D eigenvalue weighted by Crippen LogP contribution is 2.33. The summed E-state index contributed by atoms with van der Waals surface area (Å²) in [5.41, 5.74) is 7.07. The van der Waals surface area contributed by atoms with Crippen LogP contribution in [0.3, 0.4) is 0 Å². The van der Waals surface area contributed by atoms with Gasteiger partial charge in [0.25, 0.3) is 0 Å². The molecule has 0 amide bonds. The highest BCUT2D eigenvalue weighted by atomic mass is 19.1. The summed E-state index contributed by atoms with van der Waals surface area (Å²) in [5.74, 6) is -0.236. The second-order valence-electron chi connectivity index (χ2n) is 4.59. The van der Waals surface area contributed by atoms with E-state index in [1.165, 1.54) is 13.2 Å². The van der Waals surface area contributed by atoms with Gasteiger partial charge in [0, 0.05) is 25.8 Å². The van der Waals surface area contributed by atoms with E-state index in [0.29, 0.717) is 5.69 Å². The molecule has 1 aromatic rings. The number of nitrogen functional groups attached to an aromatic ring is 1. The molecular formula is C13H19FN2O2. The van der Waals surface area contributed by atoms with Gasteiger partial charge in [-0.05, 0) is 13.3 Å². The standard InChI is InChI=1S/C13H19FN2O2/c1-8-11(4-5-18-8)16(2)12-7-13(17-3)9(14)6-10(12)15/h6-8,11H,4-5,15H2,1-3H3. The Morgan fingerprint density at radius 3 is 2.78 bits per heavy atom. The van der Waals surface area contributed by atoms with Crippen LogP contribution in [0.4, 0.5) is 15.8 Å². The first-order valence-electron chi connectivity index (χ1n) is 6.02. The first kappa shape index (κ1) is 13.0. The third-order valence-electron chi connectivity index (χ3n) is 3.51. The summed E-state index contributed by atoms with van der Waals surface area (Å²) in [6.45, 7) is 2.78. The quantitative estimate of drug-likeness (QED) is 0.838. The average Bonchev–Trinajstić information content (AvgIpc) is 2.75. The number of halogens is 1. The second-order valence-corrected chi connectivity index (χ2v) is 4.59. The molecule has 0 saturated carbocycles. The van der Waals surface area contributed by atoms with Crippen molar-refractivity contribution in [3.05, 3.63) is 17.9 Å². The van der Waals surface area contributed by atoms with Crippen molar-refractivity contribution in [3.8, 4) is 5.75 Å². The van der Waals surface area contributed by atoms with Gasteiger partial charge in [0.2, 0.25) is 0 Å². The Hall–Kier alpha value is -1.49. The minimum Gasteiger partial charge on any atom is -0.494 e. The minimum atomic E-state index is -0.442. The van der Waals surface area contributed by atoms with Crippen LogP contribution < -0.4 is 15.4 Å². The van der Waals surface area contributed by atoms with Crippen molar-refractivity contribution < 1.29 is 13.9 Å². The Bertz CT molecular complexity index is 439. The van der Waals surface area contributed by atoms with Crippen LogP contribution in [0.1, 0.15) is 13.3 Å². The van der Waals surface area contributed by atoms with Gasteiger partial charge in [0.1, 0.15) is 0 Å². The molecule has 0 spiro atoms. The molecule has 0 aliphatic carbocycles. The molecule has 0 radical (unpaired) electrons. The average molecular weight is 254 g/mol. The third-order valence-corrected chi connectivity index (χ3v) is 3.51. The molecule has 5 heteroatoms. The summed E-state index contributed by atoms with van der Waals surface area (Å²) >= 11 is 0. The van der Waals surface area contributed by atoms with E-state index in [1.54, 1.807) is 6.07 Å². The van der Waals surface area contributed by atoms with Crippen molar-refractivity contribution in [2.24, 2.45) is 0 Å². The lowest BCUT2D eigenvalue weighted by molar-refractivity contribution is 0.118. The van der Waals surface area contributed by atoms with Gasteiger partial charge in [0.15, 0.2) is 11.6 Å². The van der Waals surface area contributed by atoms with Crippen LogP contribution in [0, 0.1) is 5.82 Å². The lowest BCUT2D eigenvalue weighted by atomic mass is 10.1. The van der Waals surface area contributed by atoms with Crippen molar-refractivity contribution in [3.63, 3.8) is 0 Å². The van der Waals surface area contributed by atoms with E-state index in [-0.39, 0.29) is 17.9 Å². The third kappa shape index (κ3) is 2.22. The number of nitrogens with two attached hydrogens (primary N) is 1. The normalized spacial score (nSPS) is 23.1. The van der Waals surface area contributed by atoms with Crippen molar-refractivity contribution >= 4 is 11.4 Å². The monoisotopic (exact) mass is 254 g/mol. The number of rotatable bonds is 3. The van der Waals surface area contributed by atoms with Crippen LogP contribution in [-0.4, -0.2) is 32.9 Å². The Balaban J connectivity index is 2.32. The Morgan fingerprint density at radius 2 is 2.22 bits per heavy atom. The first-order valence-corrected chi connectivity index (χ1v) is 6.02. The molecular weight excluding hydrogens is 235 g/mol. The number of likely N-dealkylation sites (N-methyl/N-ethyl adjacent to an activating group) is 1. The van der Waals surface area contributed by atoms with Crippen LogP contribution in [0.2, 0.25) is 0 Å². The van der Waals surface area contributed by atoms with E-state index in [0.717, 1.165) is 18.7 Å². The summed E-state index contributed by atoms with van der Waals surface area (Å²) in [5, 5.41) is 0. The molecule has 2 atom stereocenters. The van der Waals surface area contributed by atoms with Crippen LogP contribution in [0.15, 0.2) is 12.1 Å². The van der Waals surface area contributed by atoms with E-state index < -0.39 is 5.82 Å². The van der Waals surface area contributed by atoms with Crippen LogP contribution in [-0.2, 0) is 4.74 Å². The molecule has 0 aromatic heterocycles. The first-order chi connectivity index (χ1) is 8.54. The molecule has 2 rings (SSSR count). The van der Waals surface area contributed by atoms with E-state index in [2.05, 4.69) is 0 Å². The molecule has 18 heavy (non-hydrogen) atoms. The van der Waals surface area contributed by atoms with Gasteiger partial charge in [-0.3, -0.25) is 0 Å². The van der Waals surface area contributed by atoms with Gasteiger partial charge in [0.05, 0.1) is 30.6 Å². The van der Waals surface area contributed by atoms with Gasteiger partial charge in [-0.15, -0.1) is 0 Å². The molecule has 1 saturated heterocycles. The lowest BCUT2D eigenvalue weighted by Crippen LogP contribution is -2.37. The largest absolute Gasteiger partial charge is 0.494 e. The summed E-state index contributed by atoms with van der Waals surface area (Å²) in [6, 6.07) is 3.18. The molecule has 1 heterocycles. The molecule has 4 nitrogen and oxygen atoms in total. The maximum atomic E-state index is 13.5. The molecule has 1 aliphatic heterocycles. The molecule has 2 N–H and O–H groups in total. The van der Waals surface area contributed by atoms with Crippen molar-refractivity contribution in [1.29, 1.82) is 0 Å². The highest BCUT2D eigenvalue weighted by molar-refractivity contribution is 5.70. The number of anilines is 2. The fourth-order valence-corrected chi connectivity index (χ4v) is 2.43. The summed E-state index contributed by atoms with van der Waals surface area (Å²) in [4.78, 5) is 2.04. The summed E-state index contributed by atoms with van der Waals surface area (Å²) in [6.07, 6.45) is 1.09. The van der Waals surface area contributed by atoms with Crippen molar-refractivity contribution in [1.82, 2.24) is 0 Å².